The Kier molecular flexibility index (Phi) is 10.9. The molecule has 1 fully saturated rings. The average Bonchev–Trinajstić information content (AvgIpc) is 3.05. The maximum absolute atomic E-state index is 7.30. The van der Waals surface area contributed by atoms with Gasteiger partial charge in [0.15, 0.2) is 25.0 Å². The molecular formula is C32H63NO4Si3. The summed E-state index contributed by atoms with van der Waals surface area (Å²) in [5.74, 6) is 0. The van der Waals surface area contributed by atoms with E-state index in [4.69, 9.17) is 18.0 Å². The number of para-hydroxylation sites is 1. The Morgan fingerprint density at radius 3 is 1.52 bits per heavy atom. The molecule has 232 valence electrons. The maximum atomic E-state index is 7.30. The topological polar surface area (TPSA) is 40.2 Å². The van der Waals surface area contributed by atoms with Gasteiger partial charge in [0.1, 0.15) is 12.2 Å². The van der Waals surface area contributed by atoms with E-state index in [9.17, 15) is 0 Å². The predicted molar refractivity (Wildman–Crippen MR) is 180 cm³/mol. The lowest BCUT2D eigenvalue weighted by atomic mass is 10.00. The van der Waals surface area contributed by atoms with Crippen molar-refractivity contribution in [3.63, 3.8) is 0 Å². The quantitative estimate of drug-likeness (QED) is 0.248. The zero-order valence-corrected chi connectivity index (χ0v) is 32.1. The van der Waals surface area contributed by atoms with Crippen molar-refractivity contribution in [2.75, 3.05) is 25.6 Å². The largest absolute Gasteiger partial charge is 0.414 e. The van der Waals surface area contributed by atoms with E-state index in [2.05, 4.69) is 145 Å². The lowest BCUT2D eigenvalue weighted by molar-refractivity contribution is -0.0159. The molecule has 1 aliphatic heterocycles. The standard InChI is InChI=1S/C32H63NO4Si3/c1-30(2,3)38(12,13)34-23-27-29(37-40(16,17)32(7,8)9)28(36-39(14,15)31(4,5)6)26(35-27)22-24-20-18-19-21-25(24)33(10)11/h18-21,26-29H,22-23H2,1-17H3/t26-,27+,28-,29+/m0/s1. The fourth-order valence-corrected chi connectivity index (χ4v) is 7.92. The van der Waals surface area contributed by atoms with Crippen LogP contribution in [0.5, 0.6) is 0 Å². The summed E-state index contributed by atoms with van der Waals surface area (Å²) in [6, 6.07) is 8.65. The first-order chi connectivity index (χ1) is 17.8. The average molecular weight is 610 g/mol. The number of nitrogens with zero attached hydrogens (tertiary/aromatic N) is 1. The molecule has 1 aliphatic rings. The van der Waals surface area contributed by atoms with Crippen molar-refractivity contribution in [3.05, 3.63) is 29.8 Å². The molecule has 40 heavy (non-hydrogen) atoms. The highest BCUT2D eigenvalue weighted by Crippen LogP contribution is 2.45. The zero-order valence-electron chi connectivity index (χ0n) is 29.1. The Morgan fingerprint density at radius 2 is 1.10 bits per heavy atom. The summed E-state index contributed by atoms with van der Waals surface area (Å²) >= 11 is 0. The number of benzene rings is 1. The van der Waals surface area contributed by atoms with Crippen LogP contribution in [-0.2, 0) is 24.4 Å². The minimum absolute atomic E-state index is 0.0783. The molecule has 0 spiro atoms. The molecule has 1 aromatic rings. The Bertz CT molecular complexity index is 974. The third kappa shape index (κ3) is 8.32. The second-order valence-electron chi connectivity index (χ2n) is 16.7. The molecule has 0 aromatic heterocycles. The summed E-state index contributed by atoms with van der Waals surface area (Å²) in [6.07, 6.45) is 0.170. The van der Waals surface area contributed by atoms with E-state index in [-0.39, 0.29) is 39.5 Å². The minimum atomic E-state index is -2.13. The van der Waals surface area contributed by atoms with Gasteiger partial charge in [0, 0.05) is 26.2 Å². The number of hydrogen-bond acceptors (Lipinski definition) is 5. The first-order valence-electron chi connectivity index (χ1n) is 15.2. The van der Waals surface area contributed by atoms with Crippen LogP contribution in [0.2, 0.25) is 54.4 Å². The lowest BCUT2D eigenvalue weighted by Gasteiger charge is -2.44. The number of rotatable bonds is 10. The highest BCUT2D eigenvalue weighted by molar-refractivity contribution is 6.75. The van der Waals surface area contributed by atoms with Crippen LogP contribution in [-0.4, -0.2) is 70.1 Å². The molecule has 1 saturated heterocycles. The number of ether oxygens (including phenoxy) is 1. The van der Waals surface area contributed by atoms with Crippen LogP contribution in [0.1, 0.15) is 67.9 Å². The van der Waals surface area contributed by atoms with Crippen LogP contribution < -0.4 is 4.90 Å². The van der Waals surface area contributed by atoms with Gasteiger partial charge in [-0.05, 0) is 66.0 Å². The predicted octanol–water partition coefficient (Wildman–Crippen LogP) is 8.87. The molecule has 5 nitrogen and oxygen atoms in total. The van der Waals surface area contributed by atoms with E-state index in [1.807, 2.05) is 0 Å². The molecular weight excluding hydrogens is 547 g/mol. The minimum Gasteiger partial charge on any atom is -0.414 e. The zero-order chi connectivity index (χ0) is 31.1. The number of hydrogen-bond donors (Lipinski definition) is 0. The summed E-state index contributed by atoms with van der Waals surface area (Å²) in [5, 5.41) is 0.286. The van der Waals surface area contributed by atoms with E-state index in [1.165, 1.54) is 11.3 Å². The van der Waals surface area contributed by atoms with Crippen LogP contribution in [0.15, 0.2) is 24.3 Å². The molecule has 0 unspecified atom stereocenters. The molecule has 0 N–H and O–H groups in total. The monoisotopic (exact) mass is 609 g/mol. The molecule has 0 amide bonds. The Morgan fingerprint density at radius 1 is 0.675 bits per heavy atom. The van der Waals surface area contributed by atoms with Gasteiger partial charge in [-0.3, -0.25) is 0 Å². The Balaban J connectivity index is 2.60. The summed E-state index contributed by atoms with van der Waals surface area (Å²) < 4.78 is 28.4. The van der Waals surface area contributed by atoms with E-state index in [0.29, 0.717) is 6.61 Å². The molecule has 0 radical (unpaired) electrons. The molecule has 1 aromatic carbocycles. The van der Waals surface area contributed by atoms with Crippen LogP contribution in [0.25, 0.3) is 0 Å². The van der Waals surface area contributed by atoms with E-state index < -0.39 is 25.0 Å². The maximum Gasteiger partial charge on any atom is 0.192 e. The SMILES string of the molecule is CN(C)c1ccccc1C[C@@H]1O[C@H](CO[Si](C)(C)C(C)(C)C)[C@@H](O[Si](C)(C)C(C)(C)C)[C@H]1O[Si](C)(C)C(C)(C)C. The summed E-state index contributed by atoms with van der Waals surface area (Å²) in [4.78, 5) is 2.19. The van der Waals surface area contributed by atoms with Gasteiger partial charge in [0.2, 0.25) is 0 Å². The Hall–Kier alpha value is -0.489. The highest BCUT2D eigenvalue weighted by Gasteiger charge is 2.54. The third-order valence-electron chi connectivity index (χ3n) is 10.2. The normalized spacial score (nSPS) is 23.5. The van der Waals surface area contributed by atoms with Crippen molar-refractivity contribution in [2.45, 2.75) is 148 Å². The molecule has 8 heteroatoms. The van der Waals surface area contributed by atoms with Gasteiger partial charge in [-0.2, -0.15) is 0 Å². The van der Waals surface area contributed by atoms with Crippen molar-refractivity contribution in [1.82, 2.24) is 0 Å². The van der Waals surface area contributed by atoms with Gasteiger partial charge in [-0.1, -0.05) is 80.5 Å². The smallest absolute Gasteiger partial charge is 0.192 e. The fraction of sp³-hybridized carbons (Fsp3) is 0.812. The van der Waals surface area contributed by atoms with Gasteiger partial charge in [0.25, 0.3) is 0 Å². The molecule has 0 bridgehead atoms. The molecule has 0 aliphatic carbocycles. The van der Waals surface area contributed by atoms with Crippen LogP contribution in [0.3, 0.4) is 0 Å². The van der Waals surface area contributed by atoms with Crippen molar-refractivity contribution < 1.29 is 18.0 Å². The summed E-state index contributed by atoms with van der Waals surface area (Å²) in [7, 11) is -2.03. The second kappa shape index (κ2) is 12.2. The van der Waals surface area contributed by atoms with Crippen molar-refractivity contribution >= 4 is 30.6 Å². The van der Waals surface area contributed by atoms with Gasteiger partial charge in [-0.25, -0.2) is 0 Å². The van der Waals surface area contributed by atoms with Crippen molar-refractivity contribution in [1.29, 1.82) is 0 Å². The molecule has 4 atom stereocenters. The Labute approximate surface area is 251 Å². The van der Waals surface area contributed by atoms with Crippen LogP contribution in [0, 0.1) is 0 Å². The van der Waals surface area contributed by atoms with Gasteiger partial charge in [-0.15, -0.1) is 0 Å². The van der Waals surface area contributed by atoms with Crippen LogP contribution in [0.4, 0.5) is 5.69 Å². The molecule has 0 saturated carbocycles. The molecule has 2 rings (SSSR count). The highest BCUT2D eigenvalue weighted by atomic mass is 28.4. The van der Waals surface area contributed by atoms with Crippen molar-refractivity contribution in [2.24, 2.45) is 0 Å². The summed E-state index contributed by atoms with van der Waals surface area (Å²) in [6.45, 7) is 35.3. The fourth-order valence-electron chi connectivity index (χ4n) is 4.26. The second-order valence-corrected chi connectivity index (χ2v) is 31.0. The van der Waals surface area contributed by atoms with Gasteiger partial charge < -0.3 is 22.9 Å². The first-order valence-corrected chi connectivity index (χ1v) is 23.9. The lowest BCUT2D eigenvalue weighted by Crippen LogP contribution is -2.55. The third-order valence-corrected chi connectivity index (χ3v) is 23.6. The summed E-state index contributed by atoms with van der Waals surface area (Å²) in [5.41, 5.74) is 2.50. The van der Waals surface area contributed by atoms with Gasteiger partial charge in [0.05, 0.1) is 18.8 Å². The van der Waals surface area contributed by atoms with Gasteiger partial charge >= 0.3 is 0 Å². The van der Waals surface area contributed by atoms with E-state index >= 15 is 0 Å². The van der Waals surface area contributed by atoms with E-state index in [1.54, 1.807) is 0 Å². The van der Waals surface area contributed by atoms with Crippen molar-refractivity contribution in [3.8, 4) is 0 Å². The van der Waals surface area contributed by atoms with E-state index in [0.717, 1.165) is 6.42 Å². The van der Waals surface area contributed by atoms with Crippen LogP contribution >= 0.6 is 0 Å². The number of anilines is 1. The molecule has 1 heterocycles. The first kappa shape index (κ1) is 35.7.